The van der Waals surface area contributed by atoms with E-state index in [1.165, 1.54) is 0 Å². The molecule has 0 aliphatic heterocycles. The zero-order valence-electron chi connectivity index (χ0n) is 12.8. The van der Waals surface area contributed by atoms with Gasteiger partial charge in [-0.25, -0.2) is 9.78 Å². The fraction of sp³-hybridized carbons (Fsp3) is 0.312. The van der Waals surface area contributed by atoms with Crippen LogP contribution in [0.5, 0.6) is 0 Å². The van der Waals surface area contributed by atoms with Crippen molar-refractivity contribution in [3.63, 3.8) is 0 Å². The molecule has 0 radical (unpaired) electrons. The van der Waals surface area contributed by atoms with Crippen LogP contribution in [0, 0.1) is 13.8 Å². The first kappa shape index (κ1) is 15.8. The summed E-state index contributed by atoms with van der Waals surface area (Å²) in [5.74, 6) is 0.508. The van der Waals surface area contributed by atoms with E-state index in [1.54, 1.807) is 45.0 Å². The molecule has 0 fully saturated rings. The number of amides is 1. The van der Waals surface area contributed by atoms with E-state index >= 15 is 0 Å². The largest absolute Gasteiger partial charge is 0.462 e. The van der Waals surface area contributed by atoms with Crippen LogP contribution in [0.25, 0.3) is 0 Å². The zero-order valence-corrected chi connectivity index (χ0v) is 12.8. The van der Waals surface area contributed by atoms with Gasteiger partial charge in [0.15, 0.2) is 5.89 Å². The Hall–Kier alpha value is -2.63. The Bertz CT molecular complexity index is 674. The van der Waals surface area contributed by atoms with E-state index in [9.17, 15) is 9.59 Å². The topological polar surface area (TPSA) is 81.4 Å². The van der Waals surface area contributed by atoms with Crippen molar-refractivity contribution in [1.29, 1.82) is 0 Å². The van der Waals surface area contributed by atoms with Gasteiger partial charge in [-0.05, 0) is 38.1 Å². The standard InChI is InChI=1S/C16H18N2O4/c1-4-21-16(20)12-5-7-13(8-6-12)18-15(19)9-14-10(2)17-11(3)22-14/h5-8H,4,9H2,1-3H3,(H,18,19). The number of carbonyl (C=O) groups is 2. The highest BCUT2D eigenvalue weighted by molar-refractivity contribution is 5.93. The van der Waals surface area contributed by atoms with Crippen molar-refractivity contribution in [2.45, 2.75) is 27.2 Å². The number of nitrogens with zero attached hydrogens (tertiary/aromatic N) is 1. The number of rotatable bonds is 5. The van der Waals surface area contributed by atoms with Gasteiger partial charge in [0, 0.05) is 12.6 Å². The number of oxazole rings is 1. The van der Waals surface area contributed by atoms with Gasteiger partial charge in [0.25, 0.3) is 0 Å². The van der Waals surface area contributed by atoms with Gasteiger partial charge in [-0.1, -0.05) is 0 Å². The highest BCUT2D eigenvalue weighted by Gasteiger charge is 2.12. The molecule has 22 heavy (non-hydrogen) atoms. The van der Waals surface area contributed by atoms with Crippen molar-refractivity contribution >= 4 is 17.6 Å². The Balaban J connectivity index is 1.97. The molecule has 1 heterocycles. The summed E-state index contributed by atoms with van der Waals surface area (Å²) in [5.41, 5.74) is 1.76. The summed E-state index contributed by atoms with van der Waals surface area (Å²) < 4.78 is 10.3. The van der Waals surface area contributed by atoms with Gasteiger partial charge < -0.3 is 14.5 Å². The number of aromatic nitrogens is 1. The molecule has 0 bridgehead atoms. The van der Waals surface area contributed by atoms with Crippen LogP contribution in [0.2, 0.25) is 0 Å². The molecular formula is C16H18N2O4. The van der Waals surface area contributed by atoms with E-state index in [2.05, 4.69) is 10.3 Å². The van der Waals surface area contributed by atoms with Gasteiger partial charge in [0.1, 0.15) is 5.76 Å². The molecule has 2 rings (SSSR count). The monoisotopic (exact) mass is 302 g/mol. The second-order valence-electron chi connectivity index (χ2n) is 4.76. The van der Waals surface area contributed by atoms with Crippen LogP contribution in [-0.2, 0) is 16.0 Å². The zero-order chi connectivity index (χ0) is 16.1. The first-order chi connectivity index (χ1) is 10.5. The average molecular weight is 302 g/mol. The molecule has 0 saturated heterocycles. The Morgan fingerprint density at radius 3 is 2.45 bits per heavy atom. The van der Waals surface area contributed by atoms with Gasteiger partial charge in [0.2, 0.25) is 5.91 Å². The molecule has 0 unspecified atom stereocenters. The molecule has 0 spiro atoms. The summed E-state index contributed by atoms with van der Waals surface area (Å²) in [7, 11) is 0. The number of ether oxygens (including phenoxy) is 1. The molecule has 1 N–H and O–H groups in total. The lowest BCUT2D eigenvalue weighted by Gasteiger charge is -2.06. The molecule has 2 aromatic rings. The van der Waals surface area contributed by atoms with Crippen molar-refractivity contribution in [3.05, 3.63) is 47.2 Å². The summed E-state index contributed by atoms with van der Waals surface area (Å²) in [6.07, 6.45) is 0.117. The van der Waals surface area contributed by atoms with Crippen molar-refractivity contribution in [1.82, 2.24) is 4.98 Å². The molecule has 0 atom stereocenters. The second-order valence-corrected chi connectivity index (χ2v) is 4.76. The van der Waals surface area contributed by atoms with E-state index in [-0.39, 0.29) is 18.3 Å². The van der Waals surface area contributed by atoms with E-state index in [0.29, 0.717) is 35.2 Å². The van der Waals surface area contributed by atoms with Gasteiger partial charge in [-0.15, -0.1) is 0 Å². The van der Waals surface area contributed by atoms with E-state index < -0.39 is 0 Å². The molecule has 1 aromatic carbocycles. The maximum Gasteiger partial charge on any atom is 0.338 e. The first-order valence-corrected chi connectivity index (χ1v) is 6.99. The minimum atomic E-state index is -0.381. The summed E-state index contributed by atoms with van der Waals surface area (Å²) in [6.45, 7) is 5.61. The lowest BCUT2D eigenvalue weighted by atomic mass is 10.2. The summed E-state index contributed by atoms with van der Waals surface area (Å²) >= 11 is 0. The third-order valence-electron chi connectivity index (χ3n) is 3.00. The summed E-state index contributed by atoms with van der Waals surface area (Å²) in [6, 6.07) is 6.53. The van der Waals surface area contributed by atoms with E-state index in [0.717, 1.165) is 0 Å². The van der Waals surface area contributed by atoms with Crippen LogP contribution in [0.1, 0.15) is 34.6 Å². The van der Waals surface area contributed by atoms with Crippen molar-refractivity contribution in [3.8, 4) is 0 Å². The van der Waals surface area contributed by atoms with Gasteiger partial charge in [-0.3, -0.25) is 4.79 Å². The maximum absolute atomic E-state index is 12.0. The van der Waals surface area contributed by atoms with Crippen LogP contribution in [-0.4, -0.2) is 23.5 Å². The minimum absolute atomic E-state index is 0.117. The van der Waals surface area contributed by atoms with E-state index in [4.69, 9.17) is 9.15 Å². The number of nitrogens with one attached hydrogen (secondary N) is 1. The van der Waals surface area contributed by atoms with Crippen molar-refractivity contribution in [2.24, 2.45) is 0 Å². The van der Waals surface area contributed by atoms with Crippen molar-refractivity contribution in [2.75, 3.05) is 11.9 Å². The van der Waals surface area contributed by atoms with Crippen LogP contribution in [0.15, 0.2) is 28.7 Å². The molecule has 0 aliphatic carbocycles. The fourth-order valence-electron chi connectivity index (χ4n) is 1.99. The lowest BCUT2D eigenvalue weighted by Crippen LogP contribution is -2.14. The fourth-order valence-corrected chi connectivity index (χ4v) is 1.99. The molecule has 0 aliphatic rings. The van der Waals surface area contributed by atoms with Crippen LogP contribution in [0.4, 0.5) is 5.69 Å². The Morgan fingerprint density at radius 1 is 1.23 bits per heavy atom. The quantitative estimate of drug-likeness (QED) is 0.859. The number of hydrogen-bond donors (Lipinski definition) is 1. The van der Waals surface area contributed by atoms with Crippen molar-refractivity contribution < 1.29 is 18.7 Å². The van der Waals surface area contributed by atoms with E-state index in [1.807, 2.05) is 0 Å². The molecule has 6 nitrogen and oxygen atoms in total. The maximum atomic E-state index is 12.0. The third kappa shape index (κ3) is 3.94. The number of anilines is 1. The number of carbonyl (C=O) groups excluding carboxylic acids is 2. The lowest BCUT2D eigenvalue weighted by molar-refractivity contribution is -0.115. The molecule has 1 amide bonds. The number of benzene rings is 1. The third-order valence-corrected chi connectivity index (χ3v) is 3.00. The summed E-state index contributed by atoms with van der Waals surface area (Å²) in [5, 5.41) is 2.75. The predicted molar refractivity (Wildman–Crippen MR) is 80.7 cm³/mol. The van der Waals surface area contributed by atoms with Gasteiger partial charge in [-0.2, -0.15) is 0 Å². The normalized spacial score (nSPS) is 10.3. The molecule has 6 heteroatoms. The molecular weight excluding hydrogens is 284 g/mol. The average Bonchev–Trinajstić information content (AvgIpc) is 2.77. The highest BCUT2D eigenvalue weighted by atomic mass is 16.5. The number of esters is 1. The number of hydrogen-bond acceptors (Lipinski definition) is 5. The SMILES string of the molecule is CCOC(=O)c1ccc(NC(=O)Cc2oc(C)nc2C)cc1. The van der Waals surface area contributed by atoms with Crippen LogP contribution < -0.4 is 5.32 Å². The summed E-state index contributed by atoms with van der Waals surface area (Å²) in [4.78, 5) is 27.6. The van der Waals surface area contributed by atoms with Crippen LogP contribution >= 0.6 is 0 Å². The molecule has 1 aromatic heterocycles. The Morgan fingerprint density at radius 2 is 1.91 bits per heavy atom. The van der Waals surface area contributed by atoms with Gasteiger partial charge in [0.05, 0.1) is 24.3 Å². The molecule has 116 valence electrons. The second kappa shape index (κ2) is 6.89. The highest BCUT2D eigenvalue weighted by Crippen LogP contribution is 2.13. The minimum Gasteiger partial charge on any atom is -0.462 e. The predicted octanol–water partition coefficient (Wildman–Crippen LogP) is 2.65. The smallest absolute Gasteiger partial charge is 0.338 e. The Kier molecular flexibility index (Phi) is 4.93. The Labute approximate surface area is 128 Å². The first-order valence-electron chi connectivity index (χ1n) is 6.99. The molecule has 0 saturated carbocycles. The van der Waals surface area contributed by atoms with Gasteiger partial charge >= 0.3 is 5.97 Å². The number of aryl methyl sites for hydroxylation is 2. The van der Waals surface area contributed by atoms with Crippen LogP contribution in [0.3, 0.4) is 0 Å².